The quantitative estimate of drug-likeness (QED) is 0.0655. The fourth-order valence-corrected chi connectivity index (χ4v) is 21.8. The summed E-state index contributed by atoms with van der Waals surface area (Å²) in [5, 5.41) is 68.4. The zero-order chi connectivity index (χ0) is 88.6. The third-order valence-electron chi connectivity index (χ3n) is 29.3. The van der Waals surface area contributed by atoms with Crippen LogP contribution in [0.5, 0.6) is 0 Å². The number of hydrogen-bond acceptors (Lipinski definition) is 28. The van der Waals surface area contributed by atoms with Gasteiger partial charge in [0.1, 0.15) is 84.1 Å². The summed E-state index contributed by atoms with van der Waals surface area (Å²) >= 11 is 0. The van der Waals surface area contributed by atoms with E-state index >= 15 is 0 Å². The molecule has 0 unspecified atom stereocenters. The number of aliphatic hydroxyl groups is 6. The van der Waals surface area contributed by atoms with Crippen molar-refractivity contribution in [3.63, 3.8) is 0 Å². The number of allylic oxidation sites excluding steroid dienone is 4. The molecule has 12 heterocycles. The van der Waals surface area contributed by atoms with E-state index in [-0.39, 0.29) is 67.6 Å². The van der Waals surface area contributed by atoms with Crippen LogP contribution in [0.1, 0.15) is 207 Å². The molecular formula is C95H146O28. The highest BCUT2D eigenvalue weighted by Crippen LogP contribution is 2.52. The molecule has 14 rings (SSSR count). The first-order valence-electron chi connectivity index (χ1n) is 45.8. The van der Waals surface area contributed by atoms with E-state index in [2.05, 4.69) is 81.4 Å². The summed E-state index contributed by atoms with van der Waals surface area (Å²) in [6, 6.07) is 0. The minimum absolute atomic E-state index is 0.00708. The highest BCUT2D eigenvalue weighted by molar-refractivity contribution is 5.79. The van der Waals surface area contributed by atoms with Gasteiger partial charge in [-0.1, -0.05) is 123 Å². The summed E-state index contributed by atoms with van der Waals surface area (Å²) in [5.41, 5.74) is 0.372. The molecular weight excluding hydrogens is 1590 g/mol. The smallest absolute Gasteiger partial charge is 0.316 e. The fraction of sp³-hybridized carbons (Fsp3) is 0.811. The van der Waals surface area contributed by atoms with E-state index in [1.807, 2.05) is 38.2 Å². The molecule has 28 heteroatoms. The molecule has 14 aliphatic rings. The number of hydrogen-bond donors (Lipinski definition) is 6. The van der Waals surface area contributed by atoms with Crippen molar-refractivity contribution >= 4 is 11.9 Å². The van der Waals surface area contributed by atoms with Crippen LogP contribution < -0.4 is 0 Å². The Bertz CT molecular complexity index is 3810. The fourth-order valence-electron chi connectivity index (χ4n) is 21.8. The highest BCUT2D eigenvalue weighted by Gasteiger charge is 2.63. The Hall–Kier alpha value is -4.10. The molecule has 10 saturated heterocycles. The van der Waals surface area contributed by atoms with Gasteiger partial charge in [0.15, 0.2) is 36.7 Å². The van der Waals surface area contributed by atoms with Gasteiger partial charge in [0.25, 0.3) is 0 Å². The molecule has 39 atom stereocenters. The van der Waals surface area contributed by atoms with E-state index in [0.717, 1.165) is 30.4 Å². The maximum Gasteiger partial charge on any atom is 0.316 e. The Morgan fingerprint density at radius 3 is 1.24 bits per heavy atom. The van der Waals surface area contributed by atoms with E-state index in [4.69, 9.17) is 94.7 Å². The van der Waals surface area contributed by atoms with Gasteiger partial charge in [-0.2, -0.15) is 0 Å². The second kappa shape index (κ2) is 40.7. The molecule has 0 radical (unpaired) electrons. The predicted octanol–water partition coefficient (Wildman–Crippen LogP) is 10.8. The van der Waals surface area contributed by atoms with Crippen molar-refractivity contribution in [2.75, 3.05) is 41.7 Å². The number of rotatable bonds is 15. The first-order chi connectivity index (χ1) is 58.5. The Kier molecular flexibility index (Phi) is 31.9. The molecule has 4 bridgehead atoms. The minimum atomic E-state index is -1.82. The molecule has 2 spiro atoms. The third kappa shape index (κ3) is 20.8. The summed E-state index contributed by atoms with van der Waals surface area (Å²) in [4.78, 5) is 28.7. The largest absolute Gasteiger partial charge is 0.462 e. The van der Waals surface area contributed by atoms with Crippen LogP contribution in [0.25, 0.3) is 0 Å². The van der Waals surface area contributed by atoms with Gasteiger partial charge in [-0.25, -0.2) is 0 Å². The van der Waals surface area contributed by atoms with Gasteiger partial charge >= 0.3 is 11.9 Å². The van der Waals surface area contributed by atoms with Crippen LogP contribution in [-0.4, -0.2) is 279 Å². The zero-order valence-corrected chi connectivity index (χ0v) is 76.2. The number of ether oxygens (including phenoxy) is 20. The number of carbonyl (C=O) groups is 2. The van der Waals surface area contributed by atoms with Crippen molar-refractivity contribution in [2.45, 2.75) is 402 Å². The van der Waals surface area contributed by atoms with E-state index in [1.165, 1.54) is 0 Å². The SMILES string of the molecule is CC[C@@H](C)[C@H]1O[C@]2(CC[C@@H]1C)C[C@@H]1C[C@H](C/C=C(\C)[C@H](O[C@@H]3C[C@H](OC)[C@H](O[C@@H]4C[C@H](OC)[C@@H](O)[C@H](C)O4)[C@H](C)O3)[C@@H](C)/C=C/C=C3CO[C@@H]4[C@H](O)C(C)=C[C@@H](C(=O)O1)[C@]34O)O2.CO[C@H]1C[C@@H](O[C@@H]2[C@H](C)O[C@H](O[C@H]3/C(C)=C/C[C@H]4C[C@@H](C[C@]5(CC[C@H](C)[C@@H](C(C)C)O5)O4)OC(=O)[C@@H]4C=C(C)[C@@H](O)[C@H]5OCC(=C/C=C/[C@@H]3C)[C@]54O)C[C@@H]2OC)O[C@@H](C)[C@@H]1O. The normalized spacial score (nSPS) is 48.6. The standard InChI is InChI=1S/C48H74O14.C47H72O14/c1-11-25(2)43-28(5)17-18-47(62-43)23-34-20-33(61-47)16-15-27(4)42(26(3)13-12-14-32-24-55-45-40(49)29(6)19-35(46(51)58-34)48(32,45)52)59-39-22-37(54-10)44(31(8)57-39)60-38-21-36(53-9)41(50)30(7)56-38;1-24(2)41-27(5)16-17-46(61-41)22-33-19-32(60-46)15-14-26(4)42(25(3)12-11-13-31-23-54-44-39(48)28(6)18-34(45(50)57-33)47(31,44)51)58-38-21-36(53-10)43(30(8)56-38)59-37-20-35(52-9)40(49)29(7)55-37/h12-15,19,25-26,28,30-31,33-45,49-50,52H,11,16-18,20-24H2,1-10H3;11-14,18,24-25,27,29-30,32-44,48-49,51H,15-17,19-23H2,1-10H3/b13-12+,27-15+,32-14?;12-11+,26-14+,31-13?/t25-,26+,28+,30+,31+,33+,34+,35+,36+,37+,38-,39-,40-,41+,42-,43-,44-,45-,47-,48-;25-,27-,29-,30-,32-,33-,34-,35-,36-,37+,38+,39+,40-,41+,42+,43+,44+,46+,47+/m10/s1. The van der Waals surface area contributed by atoms with Crippen molar-refractivity contribution in [1.82, 2.24) is 0 Å². The van der Waals surface area contributed by atoms with Crippen molar-refractivity contribution in [3.8, 4) is 0 Å². The van der Waals surface area contributed by atoms with E-state index in [0.29, 0.717) is 117 Å². The lowest BCUT2D eigenvalue weighted by Gasteiger charge is -2.51. The molecule has 0 saturated carbocycles. The van der Waals surface area contributed by atoms with E-state index in [9.17, 15) is 40.2 Å². The van der Waals surface area contributed by atoms with Crippen molar-refractivity contribution in [1.29, 1.82) is 0 Å². The van der Waals surface area contributed by atoms with Crippen LogP contribution in [0.4, 0.5) is 0 Å². The molecule has 123 heavy (non-hydrogen) atoms. The number of aliphatic hydroxyl groups excluding tert-OH is 4. The molecule has 10 fully saturated rings. The van der Waals surface area contributed by atoms with Gasteiger partial charge < -0.3 is 125 Å². The third-order valence-corrected chi connectivity index (χ3v) is 29.3. The molecule has 28 nitrogen and oxygen atoms in total. The highest BCUT2D eigenvalue weighted by atomic mass is 16.8. The molecule has 0 aromatic carbocycles. The maximum absolute atomic E-state index is 14.4. The van der Waals surface area contributed by atoms with Gasteiger partial charge in [-0.15, -0.1) is 0 Å². The van der Waals surface area contributed by atoms with Crippen molar-refractivity contribution in [2.24, 2.45) is 47.3 Å². The zero-order valence-electron chi connectivity index (χ0n) is 76.2. The number of esters is 2. The average Bonchev–Trinajstić information content (AvgIpc) is 1.61. The summed E-state index contributed by atoms with van der Waals surface area (Å²) in [7, 11) is 6.45. The van der Waals surface area contributed by atoms with Crippen molar-refractivity contribution in [3.05, 3.63) is 94.2 Å². The molecule has 0 aromatic heterocycles. The lowest BCUT2D eigenvalue weighted by molar-refractivity contribution is -0.341. The van der Waals surface area contributed by atoms with Crippen LogP contribution in [0, 0.1) is 47.3 Å². The van der Waals surface area contributed by atoms with Gasteiger partial charge in [-0.05, 0) is 138 Å². The molecule has 0 aromatic rings. The maximum atomic E-state index is 14.4. The summed E-state index contributed by atoms with van der Waals surface area (Å²) in [6.07, 6.45) is 12.1. The topological polar surface area (TPSA) is 340 Å². The Balaban J connectivity index is 0.000000212. The van der Waals surface area contributed by atoms with Crippen LogP contribution in [0.2, 0.25) is 0 Å². The second-order valence-corrected chi connectivity index (χ2v) is 38.6. The number of methoxy groups -OCH3 is 4. The van der Waals surface area contributed by atoms with Crippen LogP contribution in [-0.2, 0) is 104 Å². The van der Waals surface area contributed by atoms with Gasteiger partial charge in [0, 0.05) is 104 Å². The first kappa shape index (κ1) is 96.5. The Morgan fingerprint density at radius 2 is 0.846 bits per heavy atom. The Labute approximate surface area is 728 Å². The monoisotopic (exact) mass is 1740 g/mol. The lowest BCUT2D eigenvalue weighted by atomic mass is 9.71. The second-order valence-electron chi connectivity index (χ2n) is 38.6. The van der Waals surface area contributed by atoms with Crippen LogP contribution >= 0.6 is 0 Å². The first-order valence-corrected chi connectivity index (χ1v) is 45.8. The number of carbonyl (C=O) groups excluding carboxylic acids is 2. The molecule has 2 aliphatic carbocycles. The molecule has 12 aliphatic heterocycles. The van der Waals surface area contributed by atoms with Crippen LogP contribution in [0.15, 0.2) is 94.2 Å². The molecule has 0 amide bonds. The van der Waals surface area contributed by atoms with E-state index in [1.54, 1.807) is 80.4 Å². The van der Waals surface area contributed by atoms with Crippen LogP contribution in [0.3, 0.4) is 0 Å². The number of fused-ring (bicyclic) bond motifs is 4. The summed E-state index contributed by atoms with van der Waals surface area (Å²) in [6.45, 7) is 32.5. The van der Waals surface area contributed by atoms with Gasteiger partial charge in [0.2, 0.25) is 0 Å². The summed E-state index contributed by atoms with van der Waals surface area (Å²) in [5.74, 6) is -4.25. The van der Waals surface area contributed by atoms with Gasteiger partial charge in [0.05, 0.1) is 98.7 Å². The molecule has 694 valence electrons. The predicted molar refractivity (Wildman–Crippen MR) is 450 cm³/mol. The van der Waals surface area contributed by atoms with Gasteiger partial charge in [-0.3, -0.25) is 9.59 Å². The van der Waals surface area contributed by atoms with Crippen molar-refractivity contribution < 1.29 is 135 Å². The minimum Gasteiger partial charge on any atom is -0.462 e. The lowest BCUT2D eigenvalue weighted by Crippen LogP contribution is -2.58. The molecule has 6 N–H and O–H groups in total. The summed E-state index contributed by atoms with van der Waals surface area (Å²) < 4.78 is 128. The average molecular weight is 1740 g/mol. The Morgan fingerprint density at radius 1 is 0.472 bits per heavy atom. The van der Waals surface area contributed by atoms with E-state index < -0.39 is 182 Å².